The maximum Gasteiger partial charge on any atom is 0.120 e. The molecular weight excluding hydrogens is 178 g/mol. The third-order valence-electron chi connectivity index (χ3n) is 2.40. The summed E-state index contributed by atoms with van der Waals surface area (Å²) in [5.74, 6) is 0.852. The van der Waals surface area contributed by atoms with Crippen LogP contribution in [0, 0.1) is 0 Å². The summed E-state index contributed by atoms with van der Waals surface area (Å²) in [5, 5.41) is 12.2. The van der Waals surface area contributed by atoms with Crippen LogP contribution in [-0.2, 0) is 6.61 Å². The molecule has 3 heteroatoms. The Labute approximate surface area is 83.7 Å². The van der Waals surface area contributed by atoms with Crippen LogP contribution >= 0.6 is 0 Å². The zero-order valence-electron chi connectivity index (χ0n) is 8.07. The molecule has 0 spiro atoms. The summed E-state index contributed by atoms with van der Waals surface area (Å²) in [6.07, 6.45) is 1.34. The third-order valence-corrected chi connectivity index (χ3v) is 2.40. The summed E-state index contributed by atoms with van der Waals surface area (Å²) >= 11 is 0. The number of hydrogen-bond donors (Lipinski definition) is 2. The van der Waals surface area contributed by atoms with Crippen molar-refractivity contribution in [2.75, 3.05) is 13.1 Å². The zero-order chi connectivity index (χ0) is 9.80. The standard InChI is InChI=1S/C11H15NO2/c13-8-9-2-1-3-10(6-9)14-11-4-5-12-7-11/h1-3,6,11-13H,4-5,7-8H2/t11-/m0/s1. The average Bonchev–Trinajstić information content (AvgIpc) is 2.71. The molecule has 1 aromatic rings. The Morgan fingerprint density at radius 3 is 3.14 bits per heavy atom. The van der Waals surface area contributed by atoms with Gasteiger partial charge in [-0.25, -0.2) is 0 Å². The van der Waals surface area contributed by atoms with Gasteiger partial charge in [0, 0.05) is 6.54 Å². The fraction of sp³-hybridized carbons (Fsp3) is 0.455. The van der Waals surface area contributed by atoms with E-state index in [1.54, 1.807) is 0 Å². The van der Waals surface area contributed by atoms with Crippen LogP contribution in [0.4, 0.5) is 0 Å². The van der Waals surface area contributed by atoms with Crippen LogP contribution < -0.4 is 10.1 Å². The van der Waals surface area contributed by atoms with Crippen molar-refractivity contribution in [2.24, 2.45) is 0 Å². The van der Waals surface area contributed by atoms with Gasteiger partial charge in [0.1, 0.15) is 11.9 Å². The minimum absolute atomic E-state index is 0.0696. The molecule has 0 saturated carbocycles. The highest BCUT2D eigenvalue weighted by Crippen LogP contribution is 2.16. The van der Waals surface area contributed by atoms with E-state index >= 15 is 0 Å². The predicted molar refractivity (Wildman–Crippen MR) is 54.3 cm³/mol. The number of aliphatic hydroxyl groups is 1. The Bertz CT molecular complexity index is 295. The number of ether oxygens (including phenoxy) is 1. The van der Waals surface area contributed by atoms with Crippen molar-refractivity contribution < 1.29 is 9.84 Å². The molecule has 0 unspecified atom stereocenters. The molecule has 2 N–H and O–H groups in total. The molecule has 1 atom stereocenters. The van der Waals surface area contributed by atoms with E-state index in [1.807, 2.05) is 24.3 Å². The molecule has 1 aliphatic heterocycles. The van der Waals surface area contributed by atoms with Gasteiger partial charge in [0.25, 0.3) is 0 Å². The summed E-state index contributed by atoms with van der Waals surface area (Å²) < 4.78 is 5.74. The molecule has 2 rings (SSSR count). The van der Waals surface area contributed by atoms with Crippen molar-refractivity contribution >= 4 is 0 Å². The van der Waals surface area contributed by atoms with Gasteiger partial charge in [-0.1, -0.05) is 12.1 Å². The molecule has 1 heterocycles. The third kappa shape index (κ3) is 2.25. The highest BCUT2D eigenvalue weighted by molar-refractivity contribution is 5.28. The Balaban J connectivity index is 2.00. The van der Waals surface area contributed by atoms with Gasteiger partial charge in [-0.05, 0) is 30.7 Å². The zero-order valence-corrected chi connectivity index (χ0v) is 8.07. The fourth-order valence-corrected chi connectivity index (χ4v) is 1.64. The molecular formula is C11H15NO2. The van der Waals surface area contributed by atoms with Gasteiger partial charge in [-0.2, -0.15) is 0 Å². The van der Waals surface area contributed by atoms with Crippen LogP contribution in [0.1, 0.15) is 12.0 Å². The molecule has 0 aliphatic carbocycles. The summed E-state index contributed by atoms with van der Waals surface area (Å²) in [6, 6.07) is 7.61. The number of nitrogens with one attached hydrogen (secondary N) is 1. The van der Waals surface area contributed by atoms with E-state index in [4.69, 9.17) is 9.84 Å². The SMILES string of the molecule is OCc1cccc(O[C@H]2CCNC2)c1. The van der Waals surface area contributed by atoms with Crippen molar-refractivity contribution in [3.63, 3.8) is 0 Å². The van der Waals surface area contributed by atoms with Gasteiger partial charge in [-0.15, -0.1) is 0 Å². The lowest BCUT2D eigenvalue weighted by molar-refractivity contribution is 0.221. The normalized spacial score (nSPS) is 21.1. The first-order valence-electron chi connectivity index (χ1n) is 4.95. The Hall–Kier alpha value is -1.06. The number of aliphatic hydroxyl groups excluding tert-OH is 1. The van der Waals surface area contributed by atoms with Crippen molar-refractivity contribution in [1.82, 2.24) is 5.32 Å². The first kappa shape index (κ1) is 9.49. The van der Waals surface area contributed by atoms with E-state index in [0.29, 0.717) is 0 Å². The first-order valence-corrected chi connectivity index (χ1v) is 4.95. The summed E-state index contributed by atoms with van der Waals surface area (Å²) in [6.45, 7) is 2.02. The van der Waals surface area contributed by atoms with Crippen LogP contribution in [0.5, 0.6) is 5.75 Å². The van der Waals surface area contributed by atoms with Gasteiger partial charge in [0.05, 0.1) is 6.61 Å². The Morgan fingerprint density at radius 1 is 1.50 bits per heavy atom. The fourth-order valence-electron chi connectivity index (χ4n) is 1.64. The molecule has 1 saturated heterocycles. The minimum Gasteiger partial charge on any atom is -0.489 e. The summed E-state index contributed by atoms with van der Waals surface area (Å²) in [7, 11) is 0. The van der Waals surface area contributed by atoms with Crippen LogP contribution in [0.15, 0.2) is 24.3 Å². The van der Waals surface area contributed by atoms with Gasteiger partial charge >= 0.3 is 0 Å². The summed E-state index contributed by atoms with van der Waals surface area (Å²) in [4.78, 5) is 0. The second-order valence-electron chi connectivity index (χ2n) is 3.54. The van der Waals surface area contributed by atoms with Crippen LogP contribution in [0.25, 0.3) is 0 Å². The van der Waals surface area contributed by atoms with Crippen LogP contribution in [0.3, 0.4) is 0 Å². The molecule has 76 valence electrons. The molecule has 1 aliphatic rings. The highest BCUT2D eigenvalue weighted by Gasteiger charge is 2.15. The molecule has 1 fully saturated rings. The van der Waals surface area contributed by atoms with E-state index in [2.05, 4.69) is 5.32 Å². The van der Waals surface area contributed by atoms with Crippen LogP contribution in [-0.4, -0.2) is 24.3 Å². The predicted octanol–water partition coefficient (Wildman–Crippen LogP) is 0.920. The van der Waals surface area contributed by atoms with E-state index in [1.165, 1.54) is 0 Å². The topological polar surface area (TPSA) is 41.5 Å². The smallest absolute Gasteiger partial charge is 0.120 e. The van der Waals surface area contributed by atoms with E-state index in [-0.39, 0.29) is 12.7 Å². The minimum atomic E-state index is 0.0696. The molecule has 14 heavy (non-hydrogen) atoms. The molecule has 0 amide bonds. The van der Waals surface area contributed by atoms with Gasteiger partial charge < -0.3 is 15.2 Å². The van der Waals surface area contributed by atoms with E-state index < -0.39 is 0 Å². The van der Waals surface area contributed by atoms with E-state index in [0.717, 1.165) is 30.8 Å². The van der Waals surface area contributed by atoms with Crippen molar-refractivity contribution in [3.05, 3.63) is 29.8 Å². The molecule has 0 bridgehead atoms. The van der Waals surface area contributed by atoms with Crippen molar-refractivity contribution in [2.45, 2.75) is 19.1 Å². The second-order valence-corrected chi connectivity index (χ2v) is 3.54. The quantitative estimate of drug-likeness (QED) is 0.750. The number of hydrogen-bond acceptors (Lipinski definition) is 3. The Kier molecular flexibility index (Phi) is 3.01. The average molecular weight is 193 g/mol. The van der Waals surface area contributed by atoms with E-state index in [9.17, 15) is 0 Å². The lowest BCUT2D eigenvalue weighted by Gasteiger charge is -2.12. The van der Waals surface area contributed by atoms with Gasteiger partial charge in [-0.3, -0.25) is 0 Å². The van der Waals surface area contributed by atoms with Gasteiger partial charge in [0.15, 0.2) is 0 Å². The molecule has 0 aromatic heterocycles. The second kappa shape index (κ2) is 4.44. The van der Waals surface area contributed by atoms with Gasteiger partial charge in [0.2, 0.25) is 0 Å². The number of rotatable bonds is 3. The maximum atomic E-state index is 8.95. The highest BCUT2D eigenvalue weighted by atomic mass is 16.5. The monoisotopic (exact) mass is 193 g/mol. The Morgan fingerprint density at radius 2 is 2.43 bits per heavy atom. The number of benzene rings is 1. The molecule has 1 aromatic carbocycles. The summed E-state index contributed by atoms with van der Waals surface area (Å²) in [5.41, 5.74) is 0.897. The van der Waals surface area contributed by atoms with Crippen molar-refractivity contribution in [1.29, 1.82) is 0 Å². The van der Waals surface area contributed by atoms with Crippen molar-refractivity contribution in [3.8, 4) is 5.75 Å². The molecule has 3 nitrogen and oxygen atoms in total. The maximum absolute atomic E-state index is 8.95. The van der Waals surface area contributed by atoms with Crippen LogP contribution in [0.2, 0.25) is 0 Å². The lowest BCUT2D eigenvalue weighted by Crippen LogP contribution is -2.19. The molecule has 0 radical (unpaired) electrons. The lowest BCUT2D eigenvalue weighted by atomic mass is 10.2. The first-order chi connectivity index (χ1) is 6.88. The largest absolute Gasteiger partial charge is 0.489 e.